The molecule has 0 aliphatic rings. The van der Waals surface area contributed by atoms with E-state index in [0.717, 1.165) is 24.0 Å². The van der Waals surface area contributed by atoms with E-state index >= 15 is 0 Å². The number of allylic oxidation sites excluding steroid dienone is 2. The SMILES string of the molecule is C#C.CCC(=C(CC)c1ccc(O)cc1)c1ccc(O)cc1. The molecule has 0 aliphatic heterocycles. The van der Waals surface area contributed by atoms with Crippen LogP contribution in [0.4, 0.5) is 0 Å². The summed E-state index contributed by atoms with van der Waals surface area (Å²) in [7, 11) is 0. The van der Waals surface area contributed by atoms with E-state index in [2.05, 4.69) is 26.7 Å². The van der Waals surface area contributed by atoms with Crippen LogP contribution in [0.25, 0.3) is 11.1 Å². The highest BCUT2D eigenvalue weighted by Crippen LogP contribution is 2.32. The van der Waals surface area contributed by atoms with Crippen molar-refractivity contribution >= 4 is 11.1 Å². The molecule has 2 aromatic carbocycles. The van der Waals surface area contributed by atoms with Crippen LogP contribution in [0.5, 0.6) is 11.5 Å². The molecule has 0 unspecified atom stereocenters. The standard InChI is InChI=1S/C18H20O2.C2H2/c1-3-17(13-5-9-15(19)10-6-13)18(4-2)14-7-11-16(20)12-8-14;1-2/h5-12,19-20H,3-4H2,1-2H3;1-2H. The number of hydrogen-bond acceptors (Lipinski definition) is 2. The third-order valence-corrected chi connectivity index (χ3v) is 3.50. The van der Waals surface area contributed by atoms with Gasteiger partial charge in [0.05, 0.1) is 0 Å². The Balaban J connectivity index is 0.00000116. The molecule has 0 atom stereocenters. The summed E-state index contributed by atoms with van der Waals surface area (Å²) in [6.45, 7) is 4.27. The molecule has 2 heteroatoms. The molecule has 0 amide bonds. The fraction of sp³-hybridized carbons (Fsp3) is 0.200. The molecular formula is C20H22O2. The van der Waals surface area contributed by atoms with Crippen LogP contribution in [0.15, 0.2) is 48.5 Å². The Morgan fingerprint density at radius 2 is 0.955 bits per heavy atom. The predicted octanol–water partition coefficient (Wildman–Crippen LogP) is 5.08. The first-order chi connectivity index (χ1) is 10.7. The topological polar surface area (TPSA) is 40.5 Å². The Labute approximate surface area is 132 Å². The number of phenols is 2. The number of phenolic OH excluding ortho intramolecular Hbond substituents is 2. The van der Waals surface area contributed by atoms with Crippen molar-refractivity contribution in [3.05, 3.63) is 59.7 Å². The minimum Gasteiger partial charge on any atom is -0.508 e. The highest BCUT2D eigenvalue weighted by Gasteiger charge is 2.09. The van der Waals surface area contributed by atoms with E-state index in [4.69, 9.17) is 0 Å². The second kappa shape index (κ2) is 8.59. The molecule has 2 rings (SSSR count). The maximum absolute atomic E-state index is 9.41. The lowest BCUT2D eigenvalue weighted by Crippen LogP contribution is -1.91. The van der Waals surface area contributed by atoms with Gasteiger partial charge in [-0.2, -0.15) is 0 Å². The summed E-state index contributed by atoms with van der Waals surface area (Å²) < 4.78 is 0. The first-order valence-electron chi connectivity index (χ1n) is 7.29. The van der Waals surface area contributed by atoms with Gasteiger partial charge in [0.1, 0.15) is 11.5 Å². The minimum atomic E-state index is 0.284. The second-order valence-corrected chi connectivity index (χ2v) is 4.76. The monoisotopic (exact) mass is 294 g/mol. The lowest BCUT2D eigenvalue weighted by Gasteiger charge is -2.14. The third-order valence-electron chi connectivity index (χ3n) is 3.50. The lowest BCUT2D eigenvalue weighted by atomic mass is 9.91. The van der Waals surface area contributed by atoms with Crippen molar-refractivity contribution in [2.24, 2.45) is 0 Å². The summed E-state index contributed by atoms with van der Waals surface area (Å²) in [5, 5.41) is 18.8. The maximum Gasteiger partial charge on any atom is 0.115 e. The van der Waals surface area contributed by atoms with Crippen molar-refractivity contribution in [3.63, 3.8) is 0 Å². The first kappa shape index (κ1) is 17.4. The second-order valence-electron chi connectivity index (χ2n) is 4.76. The molecule has 114 valence electrons. The minimum absolute atomic E-state index is 0.284. The number of benzene rings is 2. The van der Waals surface area contributed by atoms with Gasteiger partial charge in [0.2, 0.25) is 0 Å². The number of aromatic hydroxyl groups is 2. The van der Waals surface area contributed by atoms with Crippen molar-refractivity contribution in [2.75, 3.05) is 0 Å². The zero-order valence-electron chi connectivity index (χ0n) is 13.1. The number of rotatable bonds is 4. The maximum atomic E-state index is 9.41. The van der Waals surface area contributed by atoms with Crippen molar-refractivity contribution in [3.8, 4) is 24.3 Å². The van der Waals surface area contributed by atoms with Crippen LogP contribution >= 0.6 is 0 Å². The van der Waals surface area contributed by atoms with Gasteiger partial charge in [0.25, 0.3) is 0 Å². The van der Waals surface area contributed by atoms with E-state index in [1.807, 2.05) is 24.3 Å². The van der Waals surface area contributed by atoms with Gasteiger partial charge in [-0.1, -0.05) is 38.1 Å². The Bertz CT molecular complexity index is 576. The summed E-state index contributed by atoms with van der Waals surface area (Å²) in [5.74, 6) is 0.568. The average molecular weight is 294 g/mol. The van der Waals surface area contributed by atoms with Gasteiger partial charge >= 0.3 is 0 Å². The smallest absolute Gasteiger partial charge is 0.115 e. The molecule has 2 aromatic rings. The molecule has 0 saturated heterocycles. The summed E-state index contributed by atoms with van der Waals surface area (Å²) in [6.07, 6.45) is 9.85. The van der Waals surface area contributed by atoms with Crippen molar-refractivity contribution in [1.82, 2.24) is 0 Å². The summed E-state index contributed by atoms with van der Waals surface area (Å²) in [4.78, 5) is 0. The van der Waals surface area contributed by atoms with Crippen molar-refractivity contribution < 1.29 is 10.2 Å². The number of hydrogen-bond donors (Lipinski definition) is 2. The lowest BCUT2D eigenvalue weighted by molar-refractivity contribution is 0.474. The largest absolute Gasteiger partial charge is 0.508 e. The van der Waals surface area contributed by atoms with E-state index in [9.17, 15) is 10.2 Å². The molecule has 0 saturated carbocycles. The van der Waals surface area contributed by atoms with Crippen LogP contribution in [-0.4, -0.2) is 10.2 Å². The Kier molecular flexibility index (Phi) is 6.79. The van der Waals surface area contributed by atoms with Crippen molar-refractivity contribution in [2.45, 2.75) is 26.7 Å². The quantitative estimate of drug-likeness (QED) is 0.610. The Morgan fingerprint density at radius 1 is 0.682 bits per heavy atom. The highest BCUT2D eigenvalue weighted by atomic mass is 16.3. The van der Waals surface area contributed by atoms with Crippen LogP contribution in [0.3, 0.4) is 0 Å². The van der Waals surface area contributed by atoms with Gasteiger partial charge in [0.15, 0.2) is 0 Å². The molecule has 2 nitrogen and oxygen atoms in total. The molecule has 0 bridgehead atoms. The fourth-order valence-electron chi connectivity index (χ4n) is 2.51. The predicted molar refractivity (Wildman–Crippen MR) is 93.5 cm³/mol. The molecule has 0 fully saturated rings. The summed E-state index contributed by atoms with van der Waals surface area (Å²) in [5.41, 5.74) is 4.82. The normalized spacial score (nSPS) is 11.1. The molecule has 0 aromatic heterocycles. The number of terminal acetylenes is 1. The first-order valence-corrected chi connectivity index (χ1v) is 7.29. The molecule has 2 N–H and O–H groups in total. The van der Waals surface area contributed by atoms with Gasteiger partial charge in [-0.3, -0.25) is 0 Å². The van der Waals surface area contributed by atoms with Crippen molar-refractivity contribution in [1.29, 1.82) is 0 Å². The fourth-order valence-corrected chi connectivity index (χ4v) is 2.51. The summed E-state index contributed by atoms with van der Waals surface area (Å²) in [6, 6.07) is 14.7. The Morgan fingerprint density at radius 3 is 1.18 bits per heavy atom. The van der Waals surface area contributed by atoms with E-state index in [1.54, 1.807) is 24.3 Å². The molecule has 22 heavy (non-hydrogen) atoms. The zero-order chi connectivity index (χ0) is 16.5. The molecule has 0 aliphatic carbocycles. The van der Waals surface area contributed by atoms with Crippen LogP contribution in [0.1, 0.15) is 37.8 Å². The van der Waals surface area contributed by atoms with Gasteiger partial charge in [0, 0.05) is 0 Å². The van der Waals surface area contributed by atoms with Crippen LogP contribution in [0.2, 0.25) is 0 Å². The third kappa shape index (κ3) is 4.17. The van der Waals surface area contributed by atoms with E-state index in [1.165, 1.54) is 11.1 Å². The van der Waals surface area contributed by atoms with Gasteiger partial charge in [-0.05, 0) is 59.4 Å². The molecular weight excluding hydrogens is 272 g/mol. The van der Waals surface area contributed by atoms with Gasteiger partial charge in [-0.15, -0.1) is 12.8 Å². The molecule has 0 radical (unpaired) electrons. The van der Waals surface area contributed by atoms with E-state index in [0.29, 0.717) is 0 Å². The highest BCUT2D eigenvalue weighted by molar-refractivity contribution is 5.90. The Hall–Kier alpha value is -2.66. The van der Waals surface area contributed by atoms with Gasteiger partial charge in [-0.25, -0.2) is 0 Å². The zero-order valence-corrected chi connectivity index (χ0v) is 13.1. The summed E-state index contributed by atoms with van der Waals surface area (Å²) >= 11 is 0. The molecule has 0 spiro atoms. The van der Waals surface area contributed by atoms with E-state index in [-0.39, 0.29) is 11.5 Å². The molecule has 0 heterocycles. The van der Waals surface area contributed by atoms with Crippen LogP contribution in [0, 0.1) is 12.8 Å². The van der Waals surface area contributed by atoms with Crippen LogP contribution in [-0.2, 0) is 0 Å². The average Bonchev–Trinajstić information content (AvgIpc) is 2.56. The van der Waals surface area contributed by atoms with E-state index < -0.39 is 0 Å². The van der Waals surface area contributed by atoms with Crippen LogP contribution < -0.4 is 0 Å². The van der Waals surface area contributed by atoms with Gasteiger partial charge < -0.3 is 10.2 Å².